The lowest BCUT2D eigenvalue weighted by Crippen LogP contribution is -2.48. The smallest absolute Gasteiger partial charge is 0.274 e. The van der Waals surface area contributed by atoms with Crippen molar-refractivity contribution in [3.05, 3.63) is 48.0 Å². The van der Waals surface area contributed by atoms with Gasteiger partial charge in [0.25, 0.3) is 5.91 Å². The van der Waals surface area contributed by atoms with E-state index in [4.69, 9.17) is 0 Å². The summed E-state index contributed by atoms with van der Waals surface area (Å²) in [6.45, 7) is 6.30. The number of hydrogen-bond donors (Lipinski definition) is 1. The third-order valence-electron chi connectivity index (χ3n) is 3.93. The molecule has 1 atom stereocenters. The van der Waals surface area contributed by atoms with Crippen molar-refractivity contribution in [2.24, 2.45) is 0 Å². The van der Waals surface area contributed by atoms with Gasteiger partial charge in [-0.05, 0) is 31.5 Å². The molecule has 1 aliphatic rings. The Kier molecular flexibility index (Phi) is 5.74. The number of nitrogens with one attached hydrogen (secondary N) is 1. The molecule has 1 saturated heterocycles. The minimum Gasteiger partial charge on any atom is -0.328 e. The number of halogens is 1. The SMILES string of the molecule is CC(C)n1ccc(C(=O)N2CCNCC2c2cccnc2)n1.Cl. The van der Waals surface area contributed by atoms with Crippen LogP contribution in [-0.2, 0) is 0 Å². The topological polar surface area (TPSA) is 63.1 Å². The van der Waals surface area contributed by atoms with Crippen molar-refractivity contribution in [2.75, 3.05) is 19.6 Å². The van der Waals surface area contributed by atoms with E-state index in [9.17, 15) is 4.79 Å². The number of nitrogens with zero attached hydrogens (tertiary/aromatic N) is 4. The quantitative estimate of drug-likeness (QED) is 0.932. The first-order chi connectivity index (χ1) is 10.7. The number of amides is 1. The Morgan fingerprint density at radius 3 is 2.87 bits per heavy atom. The molecule has 0 radical (unpaired) electrons. The van der Waals surface area contributed by atoms with Crippen LogP contribution < -0.4 is 5.32 Å². The van der Waals surface area contributed by atoms with Crippen LogP contribution >= 0.6 is 12.4 Å². The van der Waals surface area contributed by atoms with Gasteiger partial charge in [-0.2, -0.15) is 5.10 Å². The Balaban J connectivity index is 0.00000192. The second-order valence-corrected chi connectivity index (χ2v) is 5.78. The molecule has 1 aliphatic heterocycles. The second-order valence-electron chi connectivity index (χ2n) is 5.78. The van der Waals surface area contributed by atoms with E-state index in [0.717, 1.165) is 18.7 Å². The number of piperazine rings is 1. The highest BCUT2D eigenvalue weighted by atomic mass is 35.5. The van der Waals surface area contributed by atoms with Crippen molar-refractivity contribution in [1.29, 1.82) is 0 Å². The van der Waals surface area contributed by atoms with Crippen LogP contribution in [0.2, 0.25) is 0 Å². The predicted octanol–water partition coefficient (Wildman–Crippen LogP) is 2.07. The van der Waals surface area contributed by atoms with Gasteiger partial charge in [-0.15, -0.1) is 12.4 Å². The summed E-state index contributed by atoms with van der Waals surface area (Å²) in [7, 11) is 0. The zero-order valence-electron chi connectivity index (χ0n) is 13.3. The summed E-state index contributed by atoms with van der Waals surface area (Å²) in [6, 6.07) is 5.96. The lowest BCUT2D eigenvalue weighted by molar-refractivity contribution is 0.0626. The zero-order chi connectivity index (χ0) is 15.5. The van der Waals surface area contributed by atoms with Gasteiger partial charge in [0.2, 0.25) is 0 Å². The second kappa shape index (κ2) is 7.57. The number of aromatic nitrogens is 3. The van der Waals surface area contributed by atoms with Crippen LogP contribution in [0.4, 0.5) is 0 Å². The van der Waals surface area contributed by atoms with E-state index in [1.165, 1.54) is 0 Å². The summed E-state index contributed by atoms with van der Waals surface area (Å²) >= 11 is 0. The van der Waals surface area contributed by atoms with Crippen molar-refractivity contribution in [2.45, 2.75) is 25.9 Å². The van der Waals surface area contributed by atoms with Crippen molar-refractivity contribution < 1.29 is 4.79 Å². The first-order valence-corrected chi connectivity index (χ1v) is 7.63. The number of pyridine rings is 1. The zero-order valence-corrected chi connectivity index (χ0v) is 14.2. The van der Waals surface area contributed by atoms with E-state index in [2.05, 4.69) is 15.4 Å². The lowest BCUT2D eigenvalue weighted by Gasteiger charge is -2.36. The van der Waals surface area contributed by atoms with Crippen molar-refractivity contribution >= 4 is 18.3 Å². The van der Waals surface area contributed by atoms with Gasteiger partial charge in [-0.1, -0.05) is 6.07 Å². The predicted molar refractivity (Wildman–Crippen MR) is 90.7 cm³/mol. The molecule has 6 nitrogen and oxygen atoms in total. The first-order valence-electron chi connectivity index (χ1n) is 7.63. The van der Waals surface area contributed by atoms with Gasteiger partial charge in [-0.3, -0.25) is 14.5 Å². The van der Waals surface area contributed by atoms with Crippen molar-refractivity contribution in [3.8, 4) is 0 Å². The van der Waals surface area contributed by atoms with E-state index in [1.807, 2.05) is 48.0 Å². The van der Waals surface area contributed by atoms with E-state index < -0.39 is 0 Å². The van der Waals surface area contributed by atoms with Gasteiger partial charge in [0.15, 0.2) is 0 Å². The Labute approximate surface area is 142 Å². The minimum absolute atomic E-state index is 0. The van der Waals surface area contributed by atoms with Crippen LogP contribution in [0.1, 0.15) is 42.0 Å². The molecule has 0 bridgehead atoms. The molecule has 23 heavy (non-hydrogen) atoms. The van der Waals surface area contributed by atoms with Gasteiger partial charge < -0.3 is 10.2 Å². The summed E-state index contributed by atoms with van der Waals surface area (Å²) in [4.78, 5) is 18.9. The molecule has 1 N–H and O–H groups in total. The van der Waals surface area contributed by atoms with Crippen LogP contribution in [0.25, 0.3) is 0 Å². The summed E-state index contributed by atoms with van der Waals surface area (Å²) in [5, 5.41) is 7.75. The summed E-state index contributed by atoms with van der Waals surface area (Å²) in [5.74, 6) is -0.0187. The van der Waals surface area contributed by atoms with Gasteiger partial charge in [0.1, 0.15) is 5.69 Å². The number of rotatable bonds is 3. The normalized spacial score (nSPS) is 17.9. The monoisotopic (exact) mass is 335 g/mol. The highest BCUT2D eigenvalue weighted by Crippen LogP contribution is 2.23. The van der Waals surface area contributed by atoms with E-state index in [-0.39, 0.29) is 30.4 Å². The third kappa shape index (κ3) is 3.71. The van der Waals surface area contributed by atoms with Gasteiger partial charge in [0.05, 0.1) is 6.04 Å². The molecule has 0 saturated carbocycles. The molecule has 0 aromatic carbocycles. The van der Waals surface area contributed by atoms with Gasteiger partial charge in [0, 0.05) is 44.3 Å². The fourth-order valence-corrected chi connectivity index (χ4v) is 2.71. The van der Waals surface area contributed by atoms with Crippen LogP contribution in [-0.4, -0.2) is 45.2 Å². The average Bonchev–Trinajstić information content (AvgIpc) is 3.05. The van der Waals surface area contributed by atoms with Crippen LogP contribution in [0.5, 0.6) is 0 Å². The maximum atomic E-state index is 12.8. The number of carbonyl (C=O) groups excluding carboxylic acids is 1. The molecule has 0 aliphatic carbocycles. The largest absolute Gasteiger partial charge is 0.328 e. The molecule has 3 heterocycles. The van der Waals surface area contributed by atoms with Crippen molar-refractivity contribution in [1.82, 2.24) is 25.0 Å². The lowest BCUT2D eigenvalue weighted by atomic mass is 10.0. The Hall–Kier alpha value is -1.92. The van der Waals surface area contributed by atoms with Crippen LogP contribution in [0.3, 0.4) is 0 Å². The minimum atomic E-state index is -0.0187. The standard InChI is InChI=1S/C16H21N5O.ClH/c1-12(2)21-8-5-14(19-21)16(22)20-9-7-18-11-15(20)13-4-3-6-17-10-13;/h3-6,8,10,12,15,18H,7,9,11H2,1-2H3;1H. The van der Waals surface area contributed by atoms with Gasteiger partial charge >= 0.3 is 0 Å². The number of hydrogen-bond acceptors (Lipinski definition) is 4. The van der Waals surface area contributed by atoms with E-state index in [0.29, 0.717) is 12.2 Å². The molecule has 2 aromatic rings. The molecule has 2 aromatic heterocycles. The third-order valence-corrected chi connectivity index (χ3v) is 3.93. The molecule has 1 amide bonds. The molecule has 3 rings (SSSR count). The maximum absolute atomic E-state index is 12.8. The highest BCUT2D eigenvalue weighted by molar-refractivity contribution is 5.92. The number of carbonyl (C=O) groups is 1. The maximum Gasteiger partial charge on any atom is 0.274 e. The van der Waals surface area contributed by atoms with E-state index >= 15 is 0 Å². The highest BCUT2D eigenvalue weighted by Gasteiger charge is 2.29. The van der Waals surface area contributed by atoms with Crippen LogP contribution in [0.15, 0.2) is 36.8 Å². The fraction of sp³-hybridized carbons (Fsp3) is 0.438. The summed E-state index contributed by atoms with van der Waals surface area (Å²) < 4.78 is 1.81. The molecule has 7 heteroatoms. The van der Waals surface area contributed by atoms with E-state index in [1.54, 1.807) is 12.3 Å². The molecular weight excluding hydrogens is 314 g/mol. The van der Waals surface area contributed by atoms with Gasteiger partial charge in [-0.25, -0.2) is 0 Å². The Morgan fingerprint density at radius 1 is 1.39 bits per heavy atom. The van der Waals surface area contributed by atoms with Crippen molar-refractivity contribution in [3.63, 3.8) is 0 Å². The first kappa shape index (κ1) is 17.4. The van der Waals surface area contributed by atoms with Crippen LogP contribution in [0, 0.1) is 0 Å². The summed E-state index contributed by atoms with van der Waals surface area (Å²) in [5.41, 5.74) is 1.55. The Bertz CT molecular complexity index is 643. The molecule has 1 fully saturated rings. The molecule has 1 unspecified atom stereocenters. The fourth-order valence-electron chi connectivity index (χ4n) is 2.71. The summed E-state index contributed by atoms with van der Waals surface area (Å²) in [6.07, 6.45) is 5.43. The Morgan fingerprint density at radius 2 is 2.22 bits per heavy atom. The molecule has 124 valence electrons. The molecular formula is C16H22ClN5O. The average molecular weight is 336 g/mol. The molecule has 0 spiro atoms.